The van der Waals surface area contributed by atoms with Crippen LogP contribution in [-0.4, -0.2) is 56.8 Å². The molecule has 1 aliphatic heterocycles. The fourth-order valence-electron chi connectivity index (χ4n) is 3.17. The summed E-state index contributed by atoms with van der Waals surface area (Å²) in [6.07, 6.45) is 3.78. The first-order chi connectivity index (χ1) is 12.6. The number of piperazine rings is 1. The highest BCUT2D eigenvalue weighted by Gasteiger charge is 2.33. The molecule has 2 amide bonds. The number of thiophene rings is 1. The molecule has 140 valence electrons. The first kappa shape index (κ1) is 18.6. The quantitative estimate of drug-likeness (QED) is 0.790. The van der Waals surface area contributed by atoms with Gasteiger partial charge in [0.05, 0.1) is 19.0 Å². The Morgan fingerprint density at radius 3 is 3.00 bits per heavy atom. The van der Waals surface area contributed by atoms with Crippen molar-refractivity contribution in [2.75, 3.05) is 19.6 Å². The Morgan fingerprint density at radius 2 is 2.35 bits per heavy atom. The Morgan fingerprint density at radius 1 is 1.50 bits per heavy atom. The second-order valence-electron chi connectivity index (χ2n) is 6.42. The molecule has 1 aliphatic rings. The van der Waals surface area contributed by atoms with Gasteiger partial charge in [0.25, 0.3) is 0 Å². The van der Waals surface area contributed by atoms with Crippen LogP contribution in [0.3, 0.4) is 0 Å². The van der Waals surface area contributed by atoms with Crippen LogP contribution in [0.5, 0.6) is 0 Å². The highest BCUT2D eigenvalue weighted by molar-refractivity contribution is 7.09. The van der Waals surface area contributed by atoms with Crippen LogP contribution in [0.15, 0.2) is 29.9 Å². The molecule has 0 aromatic carbocycles. The molecule has 26 heavy (non-hydrogen) atoms. The molecule has 1 saturated heterocycles. The third kappa shape index (κ3) is 4.31. The Bertz CT molecular complexity index is 743. The molecular weight excluding hydrogens is 350 g/mol. The molecule has 0 aliphatic carbocycles. The Kier molecular flexibility index (Phi) is 6.05. The van der Waals surface area contributed by atoms with Crippen LogP contribution in [0.4, 0.5) is 0 Å². The lowest BCUT2D eigenvalue weighted by molar-refractivity contribution is -0.139. The summed E-state index contributed by atoms with van der Waals surface area (Å²) in [6.45, 7) is 5.08. The number of nitrogens with zero attached hydrogens (tertiary/aromatic N) is 4. The van der Waals surface area contributed by atoms with Crippen LogP contribution < -0.4 is 5.32 Å². The molecule has 1 fully saturated rings. The van der Waals surface area contributed by atoms with Gasteiger partial charge in [-0.15, -0.1) is 11.3 Å². The van der Waals surface area contributed by atoms with Gasteiger partial charge >= 0.3 is 0 Å². The normalized spacial score (nSPS) is 17.9. The van der Waals surface area contributed by atoms with Gasteiger partial charge in [-0.1, -0.05) is 6.07 Å². The van der Waals surface area contributed by atoms with Gasteiger partial charge in [-0.2, -0.15) is 0 Å². The number of nitrogens with one attached hydrogen (secondary N) is 1. The average Bonchev–Trinajstić information content (AvgIpc) is 3.27. The van der Waals surface area contributed by atoms with E-state index >= 15 is 0 Å². The van der Waals surface area contributed by atoms with E-state index in [1.54, 1.807) is 22.4 Å². The maximum Gasteiger partial charge on any atom is 0.237 e. The van der Waals surface area contributed by atoms with Crippen LogP contribution in [-0.2, 0) is 29.7 Å². The molecule has 7 nitrogen and oxygen atoms in total. The zero-order valence-corrected chi connectivity index (χ0v) is 16.0. The minimum absolute atomic E-state index is 0.0197. The number of carbonyl (C=O) groups is 2. The van der Waals surface area contributed by atoms with Gasteiger partial charge in [-0.25, -0.2) is 4.98 Å². The molecule has 8 heteroatoms. The fourth-order valence-corrected chi connectivity index (χ4v) is 3.90. The molecule has 0 radical (unpaired) electrons. The smallest absolute Gasteiger partial charge is 0.237 e. The van der Waals surface area contributed by atoms with Crippen molar-refractivity contribution < 1.29 is 9.59 Å². The van der Waals surface area contributed by atoms with Crippen LogP contribution in [0.25, 0.3) is 0 Å². The molecule has 0 unspecified atom stereocenters. The summed E-state index contributed by atoms with van der Waals surface area (Å²) < 4.78 is 1.91. The summed E-state index contributed by atoms with van der Waals surface area (Å²) in [7, 11) is 1.91. The van der Waals surface area contributed by atoms with Gasteiger partial charge in [0, 0.05) is 50.5 Å². The van der Waals surface area contributed by atoms with Gasteiger partial charge in [0.1, 0.15) is 5.82 Å². The van der Waals surface area contributed by atoms with E-state index in [0.717, 1.165) is 12.4 Å². The lowest BCUT2D eigenvalue weighted by Gasteiger charge is -2.35. The third-order valence-electron chi connectivity index (χ3n) is 4.74. The summed E-state index contributed by atoms with van der Waals surface area (Å²) in [5.74, 6) is 0.756. The fraction of sp³-hybridized carbons (Fsp3) is 0.500. The highest BCUT2D eigenvalue weighted by atomic mass is 32.1. The largest absolute Gasteiger partial charge is 0.353 e. The molecule has 3 rings (SSSR count). The third-order valence-corrected chi connectivity index (χ3v) is 5.60. The van der Waals surface area contributed by atoms with Gasteiger partial charge in [0.2, 0.25) is 11.8 Å². The van der Waals surface area contributed by atoms with Gasteiger partial charge in [-0.05, 0) is 18.4 Å². The molecule has 1 N–H and O–H groups in total. The molecule has 0 spiro atoms. The van der Waals surface area contributed by atoms with E-state index in [4.69, 9.17) is 0 Å². The number of imidazole rings is 1. The van der Waals surface area contributed by atoms with Crippen LogP contribution in [0.2, 0.25) is 0 Å². The average molecular weight is 375 g/mol. The van der Waals surface area contributed by atoms with Crippen LogP contribution in [0.1, 0.15) is 24.0 Å². The number of rotatable bonds is 7. The SMILES string of the molecule is CCN(Cc1nccn1C)C(=O)C[C@@H]1C(=O)NCCN1Cc1cccs1. The minimum Gasteiger partial charge on any atom is -0.353 e. The van der Waals surface area contributed by atoms with Crippen molar-refractivity contribution in [1.82, 2.24) is 24.7 Å². The molecule has 2 aromatic heterocycles. The molecular formula is C18H25N5O2S. The number of aryl methyl sites for hydroxylation is 1. The Hall–Kier alpha value is -2.19. The van der Waals surface area contributed by atoms with Crippen molar-refractivity contribution in [3.63, 3.8) is 0 Å². The molecule has 3 heterocycles. The summed E-state index contributed by atoms with van der Waals surface area (Å²) in [5, 5.41) is 4.93. The molecule has 0 saturated carbocycles. The van der Waals surface area contributed by atoms with Crippen LogP contribution >= 0.6 is 11.3 Å². The number of aromatic nitrogens is 2. The van der Waals surface area contributed by atoms with E-state index in [-0.39, 0.29) is 18.2 Å². The van der Waals surface area contributed by atoms with E-state index < -0.39 is 6.04 Å². The highest BCUT2D eigenvalue weighted by Crippen LogP contribution is 2.18. The summed E-state index contributed by atoms with van der Waals surface area (Å²) in [4.78, 5) is 34.6. The van der Waals surface area contributed by atoms with E-state index in [1.807, 2.05) is 36.2 Å². The number of hydrogen-bond donors (Lipinski definition) is 1. The van der Waals surface area contributed by atoms with Crippen LogP contribution in [0, 0.1) is 0 Å². The first-order valence-electron chi connectivity index (χ1n) is 8.86. The predicted octanol–water partition coefficient (Wildman–Crippen LogP) is 1.22. The van der Waals surface area contributed by atoms with E-state index in [1.165, 1.54) is 4.88 Å². The number of carbonyl (C=O) groups excluding carboxylic acids is 2. The number of amides is 2. The van der Waals surface area contributed by atoms with Gasteiger partial charge < -0.3 is 14.8 Å². The monoisotopic (exact) mass is 375 g/mol. The van der Waals surface area contributed by atoms with Crippen molar-refractivity contribution in [3.8, 4) is 0 Å². The standard InChI is InChI=1S/C18H25N5O2S/c1-3-22(13-16-19-6-8-21(16)2)17(24)11-15-18(25)20-7-9-23(15)12-14-5-4-10-26-14/h4-6,8,10,15H,3,7,9,11-13H2,1-2H3,(H,20,25)/t15-/m1/s1. The first-order valence-corrected chi connectivity index (χ1v) is 9.74. The maximum absolute atomic E-state index is 12.9. The van der Waals surface area contributed by atoms with E-state index in [9.17, 15) is 9.59 Å². The van der Waals surface area contributed by atoms with Crippen molar-refractivity contribution in [2.24, 2.45) is 7.05 Å². The second-order valence-corrected chi connectivity index (χ2v) is 7.46. The topological polar surface area (TPSA) is 70.5 Å². The van der Waals surface area contributed by atoms with Crippen molar-refractivity contribution in [3.05, 3.63) is 40.6 Å². The van der Waals surface area contributed by atoms with Gasteiger partial charge in [-0.3, -0.25) is 14.5 Å². The van der Waals surface area contributed by atoms with Crippen molar-refractivity contribution >= 4 is 23.2 Å². The van der Waals surface area contributed by atoms with E-state index in [0.29, 0.717) is 26.2 Å². The zero-order valence-electron chi connectivity index (χ0n) is 15.2. The van der Waals surface area contributed by atoms with Crippen molar-refractivity contribution in [2.45, 2.75) is 32.5 Å². The molecule has 0 bridgehead atoms. The zero-order chi connectivity index (χ0) is 18.5. The van der Waals surface area contributed by atoms with E-state index in [2.05, 4.69) is 21.3 Å². The van der Waals surface area contributed by atoms with Gasteiger partial charge in [0.15, 0.2) is 0 Å². The maximum atomic E-state index is 12.9. The summed E-state index contributed by atoms with van der Waals surface area (Å²) >= 11 is 1.67. The second kappa shape index (κ2) is 8.46. The Balaban J connectivity index is 1.67. The number of hydrogen-bond acceptors (Lipinski definition) is 5. The predicted molar refractivity (Wildman–Crippen MR) is 100 cm³/mol. The lowest BCUT2D eigenvalue weighted by atomic mass is 10.1. The minimum atomic E-state index is -0.422. The molecule has 1 atom stereocenters. The molecule has 2 aromatic rings. The lowest BCUT2D eigenvalue weighted by Crippen LogP contribution is -2.56. The summed E-state index contributed by atoms with van der Waals surface area (Å²) in [5.41, 5.74) is 0. The Labute approximate surface area is 157 Å². The van der Waals surface area contributed by atoms with Crippen molar-refractivity contribution in [1.29, 1.82) is 0 Å². The summed E-state index contributed by atoms with van der Waals surface area (Å²) in [6, 6.07) is 3.65.